The molecule has 0 unspecified atom stereocenters. The first-order valence-electron chi connectivity index (χ1n) is 7.82. The Labute approximate surface area is 127 Å². The van der Waals surface area contributed by atoms with E-state index >= 15 is 0 Å². The quantitative estimate of drug-likeness (QED) is 0.895. The Morgan fingerprint density at radius 2 is 2.00 bits per heavy atom. The smallest absolute Gasteiger partial charge is 0.107 e. The molecule has 1 aliphatic rings. The lowest BCUT2D eigenvalue weighted by atomic mass is 9.94. The second kappa shape index (κ2) is 7.01. The van der Waals surface area contributed by atoms with Crippen molar-refractivity contribution in [1.29, 1.82) is 0 Å². The number of rotatable bonds is 5. The topological polar surface area (TPSA) is 28.2 Å². The molecule has 0 aliphatic heterocycles. The summed E-state index contributed by atoms with van der Waals surface area (Å²) in [4.78, 5) is 7.26. The SMILES string of the molecule is CN(Cc1csc(CNC(C)(C)C)n1)C1CCCCC1. The van der Waals surface area contributed by atoms with E-state index in [-0.39, 0.29) is 5.54 Å². The zero-order valence-corrected chi connectivity index (χ0v) is 14.2. The molecule has 1 N–H and O–H groups in total. The van der Waals surface area contributed by atoms with Gasteiger partial charge in [-0.15, -0.1) is 11.3 Å². The molecule has 2 rings (SSSR count). The number of aromatic nitrogens is 1. The summed E-state index contributed by atoms with van der Waals surface area (Å²) in [5.74, 6) is 0. The average molecular weight is 295 g/mol. The monoisotopic (exact) mass is 295 g/mol. The first-order valence-corrected chi connectivity index (χ1v) is 8.70. The molecular formula is C16H29N3S. The third kappa shape index (κ3) is 5.15. The standard InChI is InChI=1S/C16H29N3S/c1-16(2,3)17-10-15-18-13(12-20-15)11-19(4)14-8-6-5-7-9-14/h12,14,17H,5-11H2,1-4H3. The van der Waals surface area contributed by atoms with Gasteiger partial charge in [0.05, 0.1) is 5.69 Å². The van der Waals surface area contributed by atoms with Gasteiger partial charge in [-0.3, -0.25) is 4.90 Å². The minimum atomic E-state index is 0.157. The van der Waals surface area contributed by atoms with E-state index in [0.717, 1.165) is 19.1 Å². The summed E-state index contributed by atoms with van der Waals surface area (Å²) < 4.78 is 0. The lowest BCUT2D eigenvalue weighted by Gasteiger charge is -2.30. The molecule has 0 atom stereocenters. The third-order valence-electron chi connectivity index (χ3n) is 3.98. The number of nitrogens with one attached hydrogen (secondary N) is 1. The number of hydrogen-bond donors (Lipinski definition) is 1. The Bertz CT molecular complexity index is 402. The highest BCUT2D eigenvalue weighted by Crippen LogP contribution is 2.23. The van der Waals surface area contributed by atoms with Gasteiger partial charge in [-0.25, -0.2) is 4.98 Å². The Balaban J connectivity index is 1.82. The van der Waals surface area contributed by atoms with Crippen molar-refractivity contribution in [3.8, 4) is 0 Å². The molecule has 1 saturated carbocycles. The minimum Gasteiger partial charge on any atom is -0.306 e. The van der Waals surface area contributed by atoms with E-state index in [4.69, 9.17) is 4.98 Å². The van der Waals surface area contributed by atoms with E-state index in [1.807, 2.05) is 0 Å². The van der Waals surface area contributed by atoms with Gasteiger partial charge in [0.2, 0.25) is 0 Å². The normalized spacial score (nSPS) is 17.9. The lowest BCUT2D eigenvalue weighted by molar-refractivity contribution is 0.183. The molecule has 3 nitrogen and oxygen atoms in total. The maximum absolute atomic E-state index is 4.76. The molecule has 1 aromatic heterocycles. The van der Waals surface area contributed by atoms with E-state index in [1.165, 1.54) is 42.8 Å². The van der Waals surface area contributed by atoms with Crippen LogP contribution in [0.2, 0.25) is 0 Å². The van der Waals surface area contributed by atoms with Crippen LogP contribution in [0.5, 0.6) is 0 Å². The molecule has 1 aliphatic carbocycles. The van der Waals surface area contributed by atoms with Gasteiger partial charge < -0.3 is 5.32 Å². The van der Waals surface area contributed by atoms with Gasteiger partial charge in [0, 0.05) is 30.1 Å². The van der Waals surface area contributed by atoms with Crippen LogP contribution in [0.1, 0.15) is 63.6 Å². The van der Waals surface area contributed by atoms with E-state index in [0.29, 0.717) is 0 Å². The molecule has 4 heteroatoms. The summed E-state index contributed by atoms with van der Waals surface area (Å²) >= 11 is 1.78. The van der Waals surface area contributed by atoms with E-state index < -0.39 is 0 Å². The highest BCUT2D eigenvalue weighted by atomic mass is 32.1. The third-order valence-corrected chi connectivity index (χ3v) is 4.88. The van der Waals surface area contributed by atoms with Crippen LogP contribution in [0.25, 0.3) is 0 Å². The summed E-state index contributed by atoms with van der Waals surface area (Å²) in [5, 5.41) is 6.92. The van der Waals surface area contributed by atoms with Gasteiger partial charge >= 0.3 is 0 Å². The summed E-state index contributed by atoms with van der Waals surface area (Å²) in [5.41, 5.74) is 1.39. The van der Waals surface area contributed by atoms with Crippen molar-refractivity contribution in [3.05, 3.63) is 16.1 Å². The van der Waals surface area contributed by atoms with Gasteiger partial charge in [0.1, 0.15) is 5.01 Å². The number of hydrogen-bond acceptors (Lipinski definition) is 4. The first-order chi connectivity index (χ1) is 9.44. The summed E-state index contributed by atoms with van der Waals surface area (Å²) in [7, 11) is 2.25. The number of thiazole rings is 1. The molecule has 0 saturated heterocycles. The Morgan fingerprint density at radius 1 is 1.30 bits per heavy atom. The number of nitrogens with zero attached hydrogens (tertiary/aromatic N) is 2. The molecule has 0 amide bonds. The van der Waals surface area contributed by atoms with Gasteiger partial charge in [-0.2, -0.15) is 0 Å². The fourth-order valence-electron chi connectivity index (χ4n) is 2.75. The van der Waals surface area contributed by atoms with Crippen molar-refractivity contribution in [2.45, 2.75) is 77.5 Å². The molecule has 1 heterocycles. The van der Waals surface area contributed by atoms with Crippen molar-refractivity contribution < 1.29 is 0 Å². The van der Waals surface area contributed by atoms with Gasteiger partial charge in [0.25, 0.3) is 0 Å². The van der Waals surface area contributed by atoms with Gasteiger partial charge in [0.15, 0.2) is 0 Å². The molecular weight excluding hydrogens is 266 g/mol. The van der Waals surface area contributed by atoms with Crippen molar-refractivity contribution in [1.82, 2.24) is 15.2 Å². The predicted molar refractivity (Wildman–Crippen MR) is 87.0 cm³/mol. The highest BCUT2D eigenvalue weighted by Gasteiger charge is 2.19. The van der Waals surface area contributed by atoms with Crippen LogP contribution in [0, 0.1) is 0 Å². The molecule has 114 valence electrons. The Kier molecular flexibility index (Phi) is 5.58. The van der Waals surface area contributed by atoms with Crippen LogP contribution in [-0.4, -0.2) is 28.5 Å². The average Bonchev–Trinajstić information content (AvgIpc) is 2.84. The molecule has 0 radical (unpaired) electrons. The van der Waals surface area contributed by atoms with Crippen LogP contribution < -0.4 is 5.32 Å². The Hall–Kier alpha value is -0.450. The van der Waals surface area contributed by atoms with Crippen molar-refractivity contribution in [2.24, 2.45) is 0 Å². The van der Waals surface area contributed by atoms with E-state index in [2.05, 4.69) is 43.4 Å². The van der Waals surface area contributed by atoms with Crippen LogP contribution in [0.4, 0.5) is 0 Å². The fraction of sp³-hybridized carbons (Fsp3) is 0.812. The summed E-state index contributed by atoms with van der Waals surface area (Å²) in [6.07, 6.45) is 6.93. The largest absolute Gasteiger partial charge is 0.306 e. The summed E-state index contributed by atoms with van der Waals surface area (Å²) in [6.45, 7) is 8.45. The molecule has 20 heavy (non-hydrogen) atoms. The van der Waals surface area contributed by atoms with Gasteiger partial charge in [-0.1, -0.05) is 19.3 Å². The van der Waals surface area contributed by atoms with Crippen LogP contribution in [-0.2, 0) is 13.1 Å². The molecule has 0 aromatic carbocycles. The van der Waals surface area contributed by atoms with Crippen LogP contribution in [0.15, 0.2) is 5.38 Å². The zero-order valence-electron chi connectivity index (χ0n) is 13.4. The summed E-state index contributed by atoms with van der Waals surface area (Å²) in [6, 6.07) is 0.765. The van der Waals surface area contributed by atoms with Crippen LogP contribution in [0.3, 0.4) is 0 Å². The van der Waals surface area contributed by atoms with Crippen molar-refractivity contribution in [3.63, 3.8) is 0 Å². The predicted octanol–water partition coefficient (Wildman–Crippen LogP) is 3.80. The maximum Gasteiger partial charge on any atom is 0.107 e. The van der Waals surface area contributed by atoms with Crippen molar-refractivity contribution in [2.75, 3.05) is 7.05 Å². The fourth-order valence-corrected chi connectivity index (χ4v) is 3.47. The second-order valence-corrected chi connectivity index (χ2v) is 7.99. The van der Waals surface area contributed by atoms with E-state index in [1.54, 1.807) is 11.3 Å². The van der Waals surface area contributed by atoms with Gasteiger partial charge in [-0.05, 0) is 40.7 Å². The van der Waals surface area contributed by atoms with Crippen molar-refractivity contribution >= 4 is 11.3 Å². The maximum atomic E-state index is 4.76. The minimum absolute atomic E-state index is 0.157. The molecule has 0 bridgehead atoms. The molecule has 1 fully saturated rings. The second-order valence-electron chi connectivity index (χ2n) is 7.04. The molecule has 1 aromatic rings. The first kappa shape index (κ1) is 15.9. The lowest BCUT2D eigenvalue weighted by Crippen LogP contribution is -2.35. The van der Waals surface area contributed by atoms with Crippen LogP contribution >= 0.6 is 11.3 Å². The highest BCUT2D eigenvalue weighted by molar-refractivity contribution is 7.09. The molecule has 0 spiro atoms. The van der Waals surface area contributed by atoms with E-state index in [9.17, 15) is 0 Å². The zero-order chi connectivity index (χ0) is 14.6. The Morgan fingerprint density at radius 3 is 2.65 bits per heavy atom.